The van der Waals surface area contributed by atoms with Gasteiger partial charge in [0.2, 0.25) is 0 Å². The number of aromatic nitrogens is 1. The zero-order valence-corrected chi connectivity index (χ0v) is 22.8. The van der Waals surface area contributed by atoms with E-state index in [-0.39, 0.29) is 11.8 Å². The summed E-state index contributed by atoms with van der Waals surface area (Å²) in [5.74, 6) is 0.304. The molecule has 1 fully saturated rings. The van der Waals surface area contributed by atoms with Gasteiger partial charge in [-0.1, -0.05) is 48.0 Å². The number of aliphatic hydroxyl groups is 1. The van der Waals surface area contributed by atoms with E-state index in [2.05, 4.69) is 9.89 Å². The van der Waals surface area contributed by atoms with E-state index in [0.29, 0.717) is 42.3 Å². The fourth-order valence-corrected chi connectivity index (χ4v) is 4.82. The van der Waals surface area contributed by atoms with Crippen LogP contribution in [0.1, 0.15) is 28.4 Å². The monoisotopic (exact) mass is 533 g/mol. The van der Waals surface area contributed by atoms with Crippen LogP contribution in [0.15, 0.2) is 65.8 Å². The summed E-state index contributed by atoms with van der Waals surface area (Å²) in [5, 5.41) is 11.3. The van der Waals surface area contributed by atoms with Crippen LogP contribution in [0.5, 0.6) is 0 Å². The molecule has 0 saturated carbocycles. The van der Waals surface area contributed by atoms with Crippen molar-refractivity contribution in [1.29, 1.82) is 0 Å². The number of piperazine rings is 1. The van der Waals surface area contributed by atoms with Gasteiger partial charge >= 0.3 is 0 Å². The van der Waals surface area contributed by atoms with Crippen LogP contribution in [0.2, 0.25) is 5.02 Å². The van der Waals surface area contributed by atoms with Gasteiger partial charge in [-0.3, -0.25) is 14.6 Å². The fourth-order valence-electron chi connectivity index (χ4n) is 4.56. The van der Waals surface area contributed by atoms with Crippen molar-refractivity contribution >= 4 is 35.4 Å². The van der Waals surface area contributed by atoms with Crippen LogP contribution >= 0.6 is 11.6 Å². The smallest absolute Gasteiger partial charge is 0.259 e. The Balaban J connectivity index is 1.52. The van der Waals surface area contributed by atoms with Crippen LogP contribution in [0.25, 0.3) is 11.1 Å². The lowest BCUT2D eigenvalue weighted by Crippen LogP contribution is -2.54. The lowest BCUT2D eigenvalue weighted by molar-refractivity contribution is -0.150. The third-order valence-electron chi connectivity index (χ3n) is 6.72. The number of carbonyl (C=O) groups excluding carboxylic acids is 2. The summed E-state index contributed by atoms with van der Waals surface area (Å²) in [6.07, 6.45) is 3.54. The number of hydrogen-bond donors (Lipinski definition) is 1. The second kappa shape index (κ2) is 11.3. The summed E-state index contributed by atoms with van der Waals surface area (Å²) < 4.78 is 0. The number of halogens is 1. The molecule has 2 aromatic carbocycles. The Kier molecular flexibility index (Phi) is 8.14. The number of hydrogen-bond acceptors (Lipinski definition) is 6. The molecule has 0 aliphatic carbocycles. The Labute approximate surface area is 228 Å². The van der Waals surface area contributed by atoms with Gasteiger partial charge in [0.1, 0.15) is 5.82 Å². The van der Waals surface area contributed by atoms with E-state index >= 15 is 0 Å². The molecule has 3 aromatic rings. The molecule has 1 saturated heterocycles. The second-order valence-corrected chi connectivity index (χ2v) is 10.0. The summed E-state index contributed by atoms with van der Waals surface area (Å²) in [4.78, 5) is 39.7. The van der Waals surface area contributed by atoms with Gasteiger partial charge in [0, 0.05) is 70.9 Å². The molecule has 198 valence electrons. The van der Waals surface area contributed by atoms with E-state index < -0.39 is 5.60 Å². The van der Waals surface area contributed by atoms with Crippen molar-refractivity contribution in [1.82, 2.24) is 14.8 Å². The highest BCUT2D eigenvalue weighted by atomic mass is 35.5. The Bertz CT molecular complexity index is 1350. The van der Waals surface area contributed by atoms with Gasteiger partial charge in [-0.15, -0.1) is 0 Å². The highest BCUT2D eigenvalue weighted by Crippen LogP contribution is 2.30. The average molecular weight is 534 g/mol. The molecule has 1 aliphatic heterocycles. The Hall–Kier alpha value is -3.75. The van der Waals surface area contributed by atoms with Crippen LogP contribution in [0.3, 0.4) is 0 Å². The maximum Gasteiger partial charge on any atom is 0.259 e. The number of anilines is 1. The Morgan fingerprint density at radius 2 is 1.74 bits per heavy atom. The molecule has 1 aliphatic rings. The summed E-state index contributed by atoms with van der Waals surface area (Å²) in [6, 6.07) is 16.3. The molecule has 2 amide bonds. The summed E-state index contributed by atoms with van der Waals surface area (Å²) >= 11 is 6.43. The minimum absolute atomic E-state index is 0.156. The minimum atomic E-state index is -1.59. The van der Waals surface area contributed by atoms with Crippen LogP contribution in [-0.4, -0.2) is 85.2 Å². The van der Waals surface area contributed by atoms with Gasteiger partial charge in [0.15, 0.2) is 5.60 Å². The maximum absolute atomic E-state index is 13.2. The molecule has 0 bridgehead atoms. The van der Waals surface area contributed by atoms with Crippen molar-refractivity contribution in [2.45, 2.75) is 12.5 Å². The molecule has 9 heteroatoms. The molecule has 1 atom stereocenters. The van der Waals surface area contributed by atoms with E-state index in [9.17, 15) is 14.7 Å². The zero-order valence-electron chi connectivity index (χ0n) is 22.1. The first-order chi connectivity index (χ1) is 18.1. The number of pyridine rings is 1. The molecule has 2 heterocycles. The van der Waals surface area contributed by atoms with E-state index in [4.69, 9.17) is 16.6 Å². The van der Waals surface area contributed by atoms with E-state index in [1.54, 1.807) is 69.6 Å². The normalized spacial score (nSPS) is 15.4. The number of aliphatic imine (C=N–C) groups is 1. The predicted molar refractivity (Wildman–Crippen MR) is 151 cm³/mol. The number of carbonyl (C=O) groups is 2. The van der Waals surface area contributed by atoms with Gasteiger partial charge in [-0.05, 0) is 36.2 Å². The fraction of sp³-hybridized carbons (Fsp3) is 0.310. The largest absolute Gasteiger partial charge is 0.376 e. The number of amides is 2. The molecular formula is C29H32ClN5O3. The molecule has 0 unspecified atom stereocenters. The van der Waals surface area contributed by atoms with Crippen molar-refractivity contribution < 1.29 is 14.7 Å². The molecule has 1 aromatic heterocycles. The first-order valence-corrected chi connectivity index (χ1v) is 12.8. The van der Waals surface area contributed by atoms with Crippen molar-refractivity contribution in [3.05, 3.63) is 82.5 Å². The lowest BCUT2D eigenvalue weighted by Gasteiger charge is -2.39. The summed E-state index contributed by atoms with van der Waals surface area (Å²) in [7, 11) is 5.08. The molecular weight excluding hydrogens is 502 g/mol. The van der Waals surface area contributed by atoms with Crippen LogP contribution in [0.4, 0.5) is 5.82 Å². The highest BCUT2D eigenvalue weighted by Gasteiger charge is 2.37. The predicted octanol–water partition coefficient (Wildman–Crippen LogP) is 3.71. The van der Waals surface area contributed by atoms with Crippen molar-refractivity contribution in [2.24, 2.45) is 4.99 Å². The maximum atomic E-state index is 13.2. The first-order valence-electron chi connectivity index (χ1n) is 12.4. The van der Waals surface area contributed by atoms with Gasteiger partial charge < -0.3 is 19.8 Å². The van der Waals surface area contributed by atoms with Crippen LogP contribution < -0.4 is 4.90 Å². The molecule has 4 rings (SSSR count). The SMILES string of the molecule is CN=Cc1cc(-c2ccc(C(=O)N(C)C)c(Cl)c2)cnc1N1CCN(C(=O)[C@](C)(O)c2ccccc2)CC1. The molecule has 8 nitrogen and oxygen atoms in total. The number of rotatable bonds is 6. The first kappa shape index (κ1) is 27.3. The van der Waals surface area contributed by atoms with Crippen LogP contribution in [-0.2, 0) is 10.4 Å². The third-order valence-corrected chi connectivity index (χ3v) is 7.03. The standard InChI is InChI=1S/C29H32ClN5O3/c1-29(38,23-8-6-5-7-9-23)28(37)35-14-12-34(13-15-35)26-22(18-31-2)16-21(19-32-26)20-10-11-24(25(30)17-20)27(36)33(3)4/h5-11,16-19,38H,12-15H2,1-4H3/t29-/m1/s1. The van der Waals surface area contributed by atoms with Gasteiger partial charge in [-0.2, -0.15) is 0 Å². The molecule has 38 heavy (non-hydrogen) atoms. The summed E-state index contributed by atoms with van der Waals surface area (Å²) in [5.41, 5.74) is 1.96. The zero-order chi connectivity index (χ0) is 27.4. The quantitative estimate of drug-likeness (QED) is 0.488. The van der Waals surface area contributed by atoms with Crippen LogP contribution in [0, 0.1) is 0 Å². The summed E-state index contributed by atoms with van der Waals surface area (Å²) in [6.45, 7) is 3.61. The van der Waals surface area contributed by atoms with E-state index in [1.165, 1.54) is 4.90 Å². The Morgan fingerprint density at radius 3 is 2.34 bits per heavy atom. The van der Waals surface area contributed by atoms with E-state index in [1.807, 2.05) is 30.3 Å². The third kappa shape index (κ3) is 5.56. The van der Waals surface area contributed by atoms with Crippen molar-refractivity contribution in [2.75, 3.05) is 52.2 Å². The van der Waals surface area contributed by atoms with Gasteiger partial charge in [-0.25, -0.2) is 4.98 Å². The average Bonchev–Trinajstić information content (AvgIpc) is 2.93. The number of nitrogens with zero attached hydrogens (tertiary/aromatic N) is 5. The topological polar surface area (TPSA) is 89.3 Å². The number of benzene rings is 2. The minimum Gasteiger partial charge on any atom is -0.376 e. The molecule has 0 radical (unpaired) electrons. The Morgan fingerprint density at radius 1 is 1.05 bits per heavy atom. The molecule has 1 N–H and O–H groups in total. The van der Waals surface area contributed by atoms with Gasteiger partial charge in [0.25, 0.3) is 11.8 Å². The van der Waals surface area contributed by atoms with Crippen molar-refractivity contribution in [3.8, 4) is 11.1 Å². The molecule has 0 spiro atoms. The highest BCUT2D eigenvalue weighted by molar-refractivity contribution is 6.34. The van der Waals surface area contributed by atoms with Gasteiger partial charge in [0.05, 0.1) is 10.6 Å². The van der Waals surface area contributed by atoms with Crippen molar-refractivity contribution in [3.63, 3.8) is 0 Å². The lowest BCUT2D eigenvalue weighted by atomic mass is 9.94. The van der Waals surface area contributed by atoms with E-state index in [0.717, 1.165) is 22.5 Å². The second-order valence-electron chi connectivity index (χ2n) is 9.64.